The molecule has 2 fully saturated rings. The Morgan fingerprint density at radius 2 is 1.95 bits per heavy atom. The van der Waals surface area contributed by atoms with E-state index in [0.29, 0.717) is 44.0 Å². The van der Waals surface area contributed by atoms with Crippen LogP contribution in [0.1, 0.15) is 65.5 Å². The van der Waals surface area contributed by atoms with Crippen molar-refractivity contribution < 1.29 is 27.5 Å². The molecule has 0 bridgehead atoms. The van der Waals surface area contributed by atoms with Crippen LogP contribution < -0.4 is 10.6 Å². The highest BCUT2D eigenvalue weighted by atomic mass is 19.4. The van der Waals surface area contributed by atoms with E-state index in [-0.39, 0.29) is 31.1 Å². The number of imidazole rings is 1. The lowest BCUT2D eigenvalue weighted by Crippen LogP contribution is -2.52. The van der Waals surface area contributed by atoms with E-state index < -0.39 is 29.3 Å². The van der Waals surface area contributed by atoms with Gasteiger partial charge in [-0.05, 0) is 48.6 Å². The van der Waals surface area contributed by atoms with Gasteiger partial charge in [-0.2, -0.15) is 18.3 Å². The number of nitrogens with one attached hydrogen (secondary N) is 3. The molecule has 3 N–H and O–H groups in total. The van der Waals surface area contributed by atoms with Crippen LogP contribution >= 0.6 is 0 Å². The highest BCUT2D eigenvalue weighted by Gasteiger charge is 2.66. The van der Waals surface area contributed by atoms with Crippen LogP contribution in [-0.4, -0.2) is 61.0 Å². The molecular formula is C30H29F3N8O3. The number of halogens is 3. The minimum atomic E-state index is -4.41. The zero-order valence-corrected chi connectivity index (χ0v) is 23.8. The predicted octanol–water partition coefficient (Wildman–Crippen LogP) is 4.97. The maximum absolute atomic E-state index is 14.3. The van der Waals surface area contributed by atoms with Crippen molar-refractivity contribution in [3.05, 3.63) is 70.6 Å². The predicted molar refractivity (Wildman–Crippen MR) is 151 cm³/mol. The Morgan fingerprint density at radius 3 is 2.70 bits per heavy atom. The third kappa shape index (κ3) is 3.92. The fourth-order valence-corrected chi connectivity index (χ4v) is 7.30. The number of aromatic nitrogens is 5. The van der Waals surface area contributed by atoms with E-state index in [0.717, 1.165) is 33.2 Å². The molecule has 11 nitrogen and oxygen atoms in total. The van der Waals surface area contributed by atoms with Gasteiger partial charge in [0.1, 0.15) is 22.7 Å². The molecule has 1 saturated heterocycles. The van der Waals surface area contributed by atoms with Gasteiger partial charge in [-0.3, -0.25) is 10.4 Å². The molecular weight excluding hydrogens is 577 g/mol. The minimum Gasteiger partial charge on any atom is -0.437 e. The number of nitrogens with zero attached hydrogens (tertiary/aromatic N) is 5. The van der Waals surface area contributed by atoms with Gasteiger partial charge in [-0.15, -0.1) is 0 Å². The molecule has 8 rings (SSSR count). The number of carbonyl (C=O) groups is 2. The number of fused-ring (bicyclic) bond motifs is 6. The number of H-pyrrole nitrogens is 1. The van der Waals surface area contributed by atoms with Crippen molar-refractivity contribution in [1.29, 1.82) is 0 Å². The SMILES string of the molecule is Cc1cc2c(c3cn[nH]c13)Cn1c(C3(C(F)(F)F)CC3)cnc1[C@H](NC(=O)N1CCC3(CC1)OC(=O)Nc1ncccc13)C2. The van der Waals surface area contributed by atoms with Gasteiger partial charge in [0.15, 0.2) is 0 Å². The number of benzene rings is 1. The van der Waals surface area contributed by atoms with Crippen LogP contribution in [0.15, 0.2) is 36.8 Å². The Labute approximate surface area is 249 Å². The molecule has 1 atom stereocenters. The lowest BCUT2D eigenvalue weighted by atomic mass is 9.83. The minimum absolute atomic E-state index is 0.00874. The number of carbonyl (C=O) groups excluding carboxylic acids is 2. The molecule has 6 heterocycles. The number of pyridine rings is 1. The lowest BCUT2D eigenvalue weighted by molar-refractivity contribution is -0.162. The van der Waals surface area contributed by atoms with Gasteiger partial charge in [0.05, 0.1) is 30.0 Å². The summed E-state index contributed by atoms with van der Waals surface area (Å²) in [6, 6.07) is 4.64. The number of urea groups is 1. The fourth-order valence-electron chi connectivity index (χ4n) is 7.30. The zero-order valence-electron chi connectivity index (χ0n) is 23.8. The smallest absolute Gasteiger partial charge is 0.413 e. The van der Waals surface area contributed by atoms with Crippen LogP contribution in [0.2, 0.25) is 0 Å². The van der Waals surface area contributed by atoms with Crippen molar-refractivity contribution in [2.24, 2.45) is 0 Å². The first kappa shape index (κ1) is 27.0. The number of amides is 3. The second-order valence-corrected chi connectivity index (χ2v) is 12.3. The quantitative estimate of drug-likeness (QED) is 0.296. The summed E-state index contributed by atoms with van der Waals surface area (Å²) in [5.74, 6) is 0.853. The fraction of sp³-hybridized carbons (Fsp3) is 0.433. The second-order valence-electron chi connectivity index (χ2n) is 12.3. The number of anilines is 1. The third-order valence-corrected chi connectivity index (χ3v) is 9.82. The van der Waals surface area contributed by atoms with Crippen molar-refractivity contribution in [3.8, 4) is 0 Å². The summed E-state index contributed by atoms with van der Waals surface area (Å²) < 4.78 is 50.4. The molecule has 228 valence electrons. The summed E-state index contributed by atoms with van der Waals surface area (Å²) >= 11 is 0. The van der Waals surface area contributed by atoms with Crippen molar-refractivity contribution in [1.82, 2.24) is 34.9 Å². The molecule has 1 aliphatic carbocycles. The molecule has 1 saturated carbocycles. The van der Waals surface area contributed by atoms with E-state index in [4.69, 9.17) is 4.74 Å². The number of alkyl halides is 3. The number of rotatable bonds is 2. The molecule has 4 aromatic rings. The Morgan fingerprint density at radius 1 is 1.16 bits per heavy atom. The van der Waals surface area contributed by atoms with E-state index in [1.807, 2.05) is 19.1 Å². The summed E-state index contributed by atoms with van der Waals surface area (Å²) in [5.41, 5.74) is 1.67. The first-order valence-electron chi connectivity index (χ1n) is 14.7. The number of piperidine rings is 1. The van der Waals surface area contributed by atoms with Gasteiger partial charge in [-0.1, -0.05) is 6.07 Å². The van der Waals surface area contributed by atoms with Gasteiger partial charge in [0, 0.05) is 55.7 Å². The summed E-state index contributed by atoms with van der Waals surface area (Å²) in [6.45, 7) is 2.77. The number of ether oxygens (including phenoxy) is 1. The number of likely N-dealkylation sites (tertiary alicyclic amines) is 1. The van der Waals surface area contributed by atoms with E-state index in [9.17, 15) is 22.8 Å². The maximum atomic E-state index is 14.3. The molecule has 1 spiro atoms. The number of hydrogen-bond acceptors (Lipinski definition) is 6. The normalized spacial score (nSPS) is 21.5. The first-order chi connectivity index (χ1) is 21.1. The van der Waals surface area contributed by atoms with E-state index in [2.05, 4.69) is 30.8 Å². The van der Waals surface area contributed by atoms with Crippen molar-refractivity contribution in [3.63, 3.8) is 0 Å². The summed E-state index contributed by atoms with van der Waals surface area (Å²) in [6.07, 6.45) is 0.784. The van der Waals surface area contributed by atoms with Gasteiger partial charge >= 0.3 is 18.3 Å². The van der Waals surface area contributed by atoms with Gasteiger partial charge in [-0.25, -0.2) is 19.6 Å². The van der Waals surface area contributed by atoms with E-state index in [1.165, 1.54) is 6.20 Å². The van der Waals surface area contributed by atoms with Crippen LogP contribution in [0.4, 0.5) is 28.6 Å². The largest absolute Gasteiger partial charge is 0.437 e. The monoisotopic (exact) mass is 606 g/mol. The average molecular weight is 607 g/mol. The van der Waals surface area contributed by atoms with Crippen molar-refractivity contribution in [2.75, 3.05) is 18.4 Å². The first-order valence-corrected chi connectivity index (χ1v) is 14.7. The topological polar surface area (TPSA) is 130 Å². The molecule has 4 aliphatic rings. The highest BCUT2D eigenvalue weighted by Crippen LogP contribution is 2.59. The van der Waals surface area contributed by atoms with E-state index >= 15 is 0 Å². The van der Waals surface area contributed by atoms with E-state index in [1.54, 1.807) is 27.9 Å². The number of aryl methyl sites for hydroxylation is 1. The van der Waals surface area contributed by atoms with Gasteiger partial charge < -0.3 is 19.5 Å². The number of hydrogen-bond donors (Lipinski definition) is 3. The molecule has 44 heavy (non-hydrogen) atoms. The zero-order chi connectivity index (χ0) is 30.4. The Kier molecular flexibility index (Phi) is 5.63. The Hall–Kier alpha value is -4.62. The second kappa shape index (κ2) is 9.19. The Balaban J connectivity index is 1.11. The van der Waals surface area contributed by atoms with Crippen molar-refractivity contribution in [2.45, 2.75) is 68.8 Å². The summed E-state index contributed by atoms with van der Waals surface area (Å²) in [4.78, 5) is 36.5. The lowest BCUT2D eigenvalue weighted by Gasteiger charge is -2.43. The third-order valence-electron chi connectivity index (χ3n) is 9.82. The van der Waals surface area contributed by atoms with Gasteiger partial charge in [0.25, 0.3) is 0 Å². The Bertz CT molecular complexity index is 1830. The molecule has 14 heteroatoms. The van der Waals surface area contributed by atoms with Crippen LogP contribution in [0.3, 0.4) is 0 Å². The number of aromatic amines is 1. The van der Waals surface area contributed by atoms with Crippen LogP contribution in [0.25, 0.3) is 10.9 Å². The van der Waals surface area contributed by atoms with Crippen LogP contribution in [0, 0.1) is 6.92 Å². The molecule has 3 aliphatic heterocycles. The van der Waals surface area contributed by atoms with Crippen LogP contribution in [-0.2, 0) is 28.7 Å². The average Bonchev–Trinajstić information content (AvgIpc) is 3.52. The summed E-state index contributed by atoms with van der Waals surface area (Å²) in [5, 5.41) is 13.8. The summed E-state index contributed by atoms with van der Waals surface area (Å²) in [7, 11) is 0. The van der Waals surface area contributed by atoms with Crippen LogP contribution in [0.5, 0.6) is 0 Å². The van der Waals surface area contributed by atoms with Gasteiger partial charge in [0.2, 0.25) is 0 Å². The standard InChI is InChI=1S/C30H29F3N8O3/c1-16-11-17-12-21(37-26(42)40-9-6-29(7-10-40)20-3-2-8-34-24(20)38-27(43)44-29)25-35-14-22(28(4-5-28)30(31,32)33)41(25)15-19(17)18-13-36-39-23(16)18/h2-3,8,11,13-14,21H,4-7,9-10,12,15H2,1H3,(H,36,39)(H,37,42)(H,34,38,43)/t21-/m1/s1. The molecule has 0 radical (unpaired) electrons. The van der Waals surface area contributed by atoms with Crippen molar-refractivity contribution >= 4 is 28.8 Å². The molecule has 0 unspecified atom stereocenters. The molecule has 3 amide bonds. The molecule has 1 aromatic carbocycles. The maximum Gasteiger partial charge on any atom is 0.413 e. The molecule has 3 aromatic heterocycles. The highest BCUT2D eigenvalue weighted by molar-refractivity contribution is 5.88.